The number of ether oxygens (including phenoxy) is 1. The zero-order chi connectivity index (χ0) is 20.6. The summed E-state index contributed by atoms with van der Waals surface area (Å²) in [5.74, 6) is 0.449. The van der Waals surface area contributed by atoms with Crippen LogP contribution in [0.3, 0.4) is 0 Å². The van der Waals surface area contributed by atoms with Crippen molar-refractivity contribution in [3.63, 3.8) is 0 Å². The number of phenolic OH excluding ortho intramolecular Hbond substituents is 1. The van der Waals surface area contributed by atoms with Gasteiger partial charge in [0.25, 0.3) is 5.91 Å². The third-order valence-electron chi connectivity index (χ3n) is 4.61. The minimum absolute atomic E-state index is 0.0309. The molecule has 2 heterocycles. The lowest BCUT2D eigenvalue weighted by Crippen LogP contribution is -2.48. The molecule has 3 N–H and O–H groups in total. The SMILES string of the molecule is CCNC(=NCCNC(=O)c1ccccc1O)N1CCOC(c2cnn(C)c2)C1. The highest BCUT2D eigenvalue weighted by molar-refractivity contribution is 5.96. The second-order valence-electron chi connectivity index (χ2n) is 6.76. The van der Waals surface area contributed by atoms with Crippen LogP contribution in [0.25, 0.3) is 0 Å². The van der Waals surface area contributed by atoms with E-state index in [-0.39, 0.29) is 23.3 Å². The summed E-state index contributed by atoms with van der Waals surface area (Å²) >= 11 is 0. The van der Waals surface area contributed by atoms with Crippen LogP contribution in [0.1, 0.15) is 28.9 Å². The van der Waals surface area contributed by atoms with Crippen LogP contribution in [0.15, 0.2) is 41.7 Å². The van der Waals surface area contributed by atoms with Crippen LogP contribution in [0.5, 0.6) is 5.75 Å². The molecule has 1 fully saturated rings. The van der Waals surface area contributed by atoms with Crippen LogP contribution in [-0.4, -0.2) is 71.0 Å². The number of benzene rings is 1. The van der Waals surface area contributed by atoms with Crippen LogP contribution in [0.4, 0.5) is 0 Å². The number of morpholine rings is 1. The van der Waals surface area contributed by atoms with Crippen molar-refractivity contribution < 1.29 is 14.6 Å². The van der Waals surface area contributed by atoms with Gasteiger partial charge in [-0.2, -0.15) is 5.10 Å². The third kappa shape index (κ3) is 5.47. The van der Waals surface area contributed by atoms with Crippen LogP contribution in [0.2, 0.25) is 0 Å². The van der Waals surface area contributed by atoms with Crippen LogP contribution < -0.4 is 10.6 Å². The zero-order valence-corrected chi connectivity index (χ0v) is 16.8. The van der Waals surface area contributed by atoms with Gasteiger partial charge in [-0.1, -0.05) is 12.1 Å². The average Bonchev–Trinajstić information content (AvgIpc) is 3.17. The van der Waals surface area contributed by atoms with Gasteiger partial charge in [0, 0.05) is 38.4 Å². The predicted molar refractivity (Wildman–Crippen MR) is 110 cm³/mol. The fourth-order valence-electron chi connectivity index (χ4n) is 3.17. The molecule has 1 aromatic heterocycles. The third-order valence-corrected chi connectivity index (χ3v) is 4.61. The van der Waals surface area contributed by atoms with E-state index in [1.165, 1.54) is 6.07 Å². The van der Waals surface area contributed by atoms with Gasteiger partial charge in [0.05, 0.1) is 31.5 Å². The maximum Gasteiger partial charge on any atom is 0.255 e. The molecule has 1 atom stereocenters. The number of hydrogen-bond donors (Lipinski definition) is 3. The molecule has 9 nitrogen and oxygen atoms in total. The number of aromatic hydroxyl groups is 1. The molecule has 156 valence electrons. The summed E-state index contributed by atoms with van der Waals surface area (Å²) < 4.78 is 7.66. The molecule has 0 bridgehead atoms. The van der Waals surface area contributed by atoms with Crippen LogP contribution in [-0.2, 0) is 11.8 Å². The molecule has 1 saturated heterocycles. The molecule has 1 aromatic carbocycles. The first-order chi connectivity index (χ1) is 14.1. The van der Waals surface area contributed by atoms with Crippen LogP contribution in [0, 0.1) is 0 Å². The summed E-state index contributed by atoms with van der Waals surface area (Å²) in [4.78, 5) is 19.0. The number of amides is 1. The molecule has 1 aliphatic heterocycles. The quantitative estimate of drug-likeness (QED) is 0.378. The molecule has 0 aliphatic carbocycles. The summed E-state index contributed by atoms with van der Waals surface area (Å²) in [7, 11) is 1.89. The monoisotopic (exact) mass is 400 g/mol. The molecule has 1 amide bonds. The Morgan fingerprint density at radius 1 is 1.38 bits per heavy atom. The van der Waals surface area contributed by atoms with E-state index in [1.54, 1.807) is 22.9 Å². The number of nitrogens with zero attached hydrogens (tertiary/aromatic N) is 4. The Morgan fingerprint density at radius 2 is 2.21 bits per heavy atom. The van der Waals surface area contributed by atoms with Gasteiger partial charge in [-0.3, -0.25) is 14.5 Å². The fraction of sp³-hybridized carbons (Fsp3) is 0.450. The maximum atomic E-state index is 12.2. The molecule has 9 heteroatoms. The normalized spacial score (nSPS) is 17.2. The lowest BCUT2D eigenvalue weighted by Gasteiger charge is -2.34. The summed E-state index contributed by atoms with van der Waals surface area (Å²) in [6.45, 7) is 5.60. The highest BCUT2D eigenvalue weighted by atomic mass is 16.5. The van der Waals surface area contributed by atoms with Crippen molar-refractivity contribution in [3.05, 3.63) is 47.8 Å². The van der Waals surface area contributed by atoms with Crippen molar-refractivity contribution in [2.75, 3.05) is 39.3 Å². The maximum absolute atomic E-state index is 12.2. The Hall–Kier alpha value is -3.07. The van der Waals surface area contributed by atoms with Crippen molar-refractivity contribution in [2.24, 2.45) is 12.0 Å². The molecule has 3 rings (SSSR count). The highest BCUT2D eigenvalue weighted by Crippen LogP contribution is 2.21. The Labute approximate surface area is 170 Å². The number of hydrogen-bond acceptors (Lipinski definition) is 5. The minimum atomic E-state index is -0.314. The number of carbonyl (C=O) groups excluding carboxylic acids is 1. The van der Waals surface area contributed by atoms with Gasteiger partial charge in [0.2, 0.25) is 0 Å². The second-order valence-corrected chi connectivity index (χ2v) is 6.76. The van der Waals surface area contributed by atoms with E-state index in [0.29, 0.717) is 26.2 Å². The summed E-state index contributed by atoms with van der Waals surface area (Å²) in [5.41, 5.74) is 1.30. The summed E-state index contributed by atoms with van der Waals surface area (Å²) in [6, 6.07) is 6.48. The van der Waals surface area contributed by atoms with Gasteiger partial charge in [0.15, 0.2) is 5.96 Å². The number of guanidine groups is 1. The molecule has 29 heavy (non-hydrogen) atoms. The Kier molecular flexibility index (Phi) is 7.07. The summed E-state index contributed by atoms with van der Waals surface area (Å²) in [5, 5.41) is 20.1. The minimum Gasteiger partial charge on any atom is -0.507 e. The number of aryl methyl sites for hydroxylation is 1. The molecule has 0 radical (unpaired) electrons. The number of nitrogens with one attached hydrogen (secondary N) is 2. The predicted octanol–water partition coefficient (Wildman–Crippen LogP) is 0.894. The number of rotatable bonds is 6. The first kappa shape index (κ1) is 20.7. The Bertz CT molecular complexity index is 850. The molecular weight excluding hydrogens is 372 g/mol. The van der Waals surface area contributed by atoms with E-state index in [2.05, 4.69) is 25.6 Å². The summed E-state index contributed by atoms with van der Waals surface area (Å²) in [6.07, 6.45) is 3.74. The van der Waals surface area contributed by atoms with Crippen LogP contribution >= 0.6 is 0 Å². The van der Waals surface area contributed by atoms with Gasteiger partial charge in [-0.15, -0.1) is 0 Å². The molecule has 1 unspecified atom stereocenters. The van der Waals surface area contributed by atoms with Gasteiger partial charge in [-0.05, 0) is 19.1 Å². The smallest absolute Gasteiger partial charge is 0.255 e. The topological polar surface area (TPSA) is 104 Å². The molecule has 0 spiro atoms. The van der Waals surface area contributed by atoms with Crippen molar-refractivity contribution in [2.45, 2.75) is 13.0 Å². The second kappa shape index (κ2) is 9.92. The molecular formula is C20H28N6O3. The number of aliphatic imine (C=N–C) groups is 1. The first-order valence-corrected chi connectivity index (χ1v) is 9.78. The largest absolute Gasteiger partial charge is 0.507 e. The number of phenols is 1. The van der Waals surface area contributed by atoms with Gasteiger partial charge < -0.3 is 25.4 Å². The van der Waals surface area contributed by atoms with Crippen molar-refractivity contribution in [1.29, 1.82) is 0 Å². The number of para-hydroxylation sites is 1. The van der Waals surface area contributed by atoms with Crippen molar-refractivity contribution >= 4 is 11.9 Å². The van der Waals surface area contributed by atoms with E-state index in [1.807, 2.05) is 26.4 Å². The Balaban J connectivity index is 1.56. The van der Waals surface area contributed by atoms with Crippen molar-refractivity contribution in [1.82, 2.24) is 25.3 Å². The Morgan fingerprint density at radius 3 is 2.93 bits per heavy atom. The number of carbonyl (C=O) groups is 1. The zero-order valence-electron chi connectivity index (χ0n) is 16.8. The van der Waals surface area contributed by atoms with E-state index < -0.39 is 0 Å². The molecule has 0 saturated carbocycles. The lowest BCUT2D eigenvalue weighted by atomic mass is 10.1. The fourth-order valence-corrected chi connectivity index (χ4v) is 3.17. The van der Waals surface area contributed by atoms with E-state index in [9.17, 15) is 9.90 Å². The molecule has 2 aromatic rings. The van der Waals surface area contributed by atoms with E-state index in [4.69, 9.17) is 4.74 Å². The van der Waals surface area contributed by atoms with E-state index >= 15 is 0 Å². The highest BCUT2D eigenvalue weighted by Gasteiger charge is 2.25. The standard InChI is InChI=1S/C20H28N6O3/c1-3-21-20(23-9-8-22-19(28)16-6-4-5-7-17(16)27)26-10-11-29-18(14-26)15-12-24-25(2)13-15/h4-7,12-13,18,27H,3,8-11,14H2,1-2H3,(H,21,23)(H,22,28). The molecule has 1 aliphatic rings. The lowest BCUT2D eigenvalue weighted by molar-refractivity contribution is -0.00803. The average molecular weight is 400 g/mol. The number of aromatic nitrogens is 2. The van der Waals surface area contributed by atoms with Crippen molar-refractivity contribution in [3.8, 4) is 5.75 Å². The van der Waals surface area contributed by atoms with Gasteiger partial charge in [0.1, 0.15) is 11.9 Å². The van der Waals surface area contributed by atoms with Gasteiger partial charge >= 0.3 is 0 Å². The van der Waals surface area contributed by atoms with E-state index in [0.717, 1.165) is 24.6 Å². The first-order valence-electron chi connectivity index (χ1n) is 9.78. The van der Waals surface area contributed by atoms with Gasteiger partial charge in [-0.25, -0.2) is 0 Å².